The number of para-hydroxylation sites is 1. The number of alkyl halides is 3. The van der Waals surface area contributed by atoms with Gasteiger partial charge >= 0.3 is 5.97 Å². The summed E-state index contributed by atoms with van der Waals surface area (Å²) >= 11 is 17.4. The normalized spacial score (nSPS) is 33.0. The number of anilines is 1. The fourth-order valence-electron chi connectivity index (χ4n) is 6.86. The SMILES string of the molecule is O=C(O)c1cccc(N2C(=O)C3CC=C4C(CC5(Cl)C(=O)N(CBr)C(=O)C5(Cl)C4c4ccccc4O)C3C2=O)c1. The Morgan fingerprint density at radius 1 is 1.00 bits per heavy atom. The molecule has 0 spiro atoms. The van der Waals surface area contributed by atoms with Crippen LogP contribution >= 0.6 is 39.1 Å². The van der Waals surface area contributed by atoms with Crippen molar-refractivity contribution in [1.82, 2.24) is 4.90 Å². The third-order valence-corrected chi connectivity index (χ3v) is 10.5. The summed E-state index contributed by atoms with van der Waals surface area (Å²) in [4.78, 5) is 64.4. The maximum Gasteiger partial charge on any atom is 0.335 e. The number of hydrogen-bond acceptors (Lipinski definition) is 6. The van der Waals surface area contributed by atoms with Crippen molar-refractivity contribution in [2.24, 2.45) is 17.8 Å². The number of fused-ring (bicyclic) bond motifs is 4. The molecule has 0 aromatic heterocycles. The minimum atomic E-state index is -2.01. The highest BCUT2D eigenvalue weighted by Crippen LogP contribution is 2.66. The van der Waals surface area contributed by atoms with E-state index in [9.17, 15) is 34.2 Å². The van der Waals surface area contributed by atoms with Crippen LogP contribution in [0.25, 0.3) is 0 Å². The van der Waals surface area contributed by atoms with Crippen molar-refractivity contribution < 1.29 is 34.2 Å². The fourth-order valence-corrected chi connectivity index (χ4v) is 8.28. The maximum atomic E-state index is 14.0. The molecule has 40 heavy (non-hydrogen) atoms. The molecule has 1 saturated carbocycles. The molecule has 0 radical (unpaired) electrons. The number of imide groups is 2. The van der Waals surface area contributed by atoms with Gasteiger partial charge in [0.15, 0.2) is 9.75 Å². The number of carbonyl (C=O) groups excluding carboxylic acids is 4. The number of benzene rings is 2. The molecule has 2 heterocycles. The van der Waals surface area contributed by atoms with E-state index in [0.717, 1.165) is 9.80 Å². The average Bonchev–Trinajstić information content (AvgIpc) is 3.27. The lowest BCUT2D eigenvalue weighted by molar-refractivity contribution is -0.138. The summed E-state index contributed by atoms with van der Waals surface area (Å²) in [6.45, 7) is 0. The summed E-state index contributed by atoms with van der Waals surface area (Å²) < 4.78 is 0. The van der Waals surface area contributed by atoms with Gasteiger partial charge in [-0.2, -0.15) is 0 Å². The lowest BCUT2D eigenvalue weighted by Crippen LogP contribution is -2.60. The van der Waals surface area contributed by atoms with E-state index in [2.05, 4.69) is 15.9 Å². The summed E-state index contributed by atoms with van der Waals surface area (Å²) in [5, 5.41) is 20.3. The van der Waals surface area contributed by atoms with Gasteiger partial charge in [0.1, 0.15) is 5.75 Å². The van der Waals surface area contributed by atoms with E-state index >= 15 is 0 Å². The van der Waals surface area contributed by atoms with Crippen LogP contribution in [0, 0.1) is 17.8 Å². The number of halogens is 3. The standard InChI is InChI=1S/C28H21BrCl2N2O7/c29-12-32-25(39)27(30)11-18-15(21(28(27,31)26(32)40)16-6-1-2-7-19(16)34)8-9-17-20(18)23(36)33(22(17)35)14-5-3-4-13(10-14)24(37)38/h1-8,10,17-18,20-21,34H,9,11-12H2,(H,37,38). The summed E-state index contributed by atoms with van der Waals surface area (Å²) in [6.07, 6.45) is 1.72. The van der Waals surface area contributed by atoms with Crippen molar-refractivity contribution in [3.8, 4) is 5.75 Å². The molecule has 4 aliphatic rings. The molecule has 12 heteroatoms. The molecular formula is C28H21BrCl2N2O7. The van der Waals surface area contributed by atoms with Gasteiger partial charge < -0.3 is 10.2 Å². The van der Waals surface area contributed by atoms with Gasteiger partial charge in [0, 0.05) is 11.5 Å². The van der Waals surface area contributed by atoms with E-state index in [1.54, 1.807) is 24.3 Å². The van der Waals surface area contributed by atoms with Gasteiger partial charge in [-0.05, 0) is 43.0 Å². The summed E-state index contributed by atoms with van der Waals surface area (Å²) in [5.74, 6) is -7.41. The largest absolute Gasteiger partial charge is 0.508 e. The second-order valence-corrected chi connectivity index (χ2v) is 12.2. The lowest BCUT2D eigenvalue weighted by Gasteiger charge is -2.50. The van der Waals surface area contributed by atoms with Gasteiger partial charge in [-0.25, -0.2) is 4.79 Å². The first-order valence-electron chi connectivity index (χ1n) is 12.5. The molecule has 2 saturated heterocycles. The summed E-state index contributed by atoms with van der Waals surface area (Å²) in [5.41, 5.74) is 0.720. The predicted molar refractivity (Wildman–Crippen MR) is 147 cm³/mol. The Kier molecular flexibility index (Phi) is 6.18. The summed E-state index contributed by atoms with van der Waals surface area (Å²) in [6, 6.07) is 11.8. The number of carboxylic acids is 1. The van der Waals surface area contributed by atoms with E-state index in [4.69, 9.17) is 23.2 Å². The number of hydrogen-bond donors (Lipinski definition) is 2. The molecular weight excluding hydrogens is 627 g/mol. The Hall–Kier alpha value is -3.21. The van der Waals surface area contributed by atoms with E-state index in [1.165, 1.54) is 30.3 Å². The van der Waals surface area contributed by atoms with Crippen LogP contribution in [0.3, 0.4) is 0 Å². The maximum absolute atomic E-state index is 14.0. The second kappa shape index (κ2) is 9.15. The van der Waals surface area contributed by atoms with Crippen molar-refractivity contribution in [3.05, 3.63) is 71.3 Å². The molecule has 6 unspecified atom stereocenters. The van der Waals surface area contributed by atoms with E-state index in [0.29, 0.717) is 5.57 Å². The third kappa shape index (κ3) is 3.36. The van der Waals surface area contributed by atoms with Crippen molar-refractivity contribution >= 4 is 74.4 Å². The van der Waals surface area contributed by atoms with Crippen LogP contribution in [0.4, 0.5) is 5.69 Å². The van der Waals surface area contributed by atoms with Crippen LogP contribution in [0.5, 0.6) is 5.75 Å². The monoisotopic (exact) mass is 646 g/mol. The van der Waals surface area contributed by atoms with Crippen LogP contribution in [-0.2, 0) is 19.2 Å². The average molecular weight is 648 g/mol. The number of aromatic hydroxyl groups is 1. The zero-order valence-corrected chi connectivity index (χ0v) is 23.7. The van der Waals surface area contributed by atoms with Crippen LogP contribution in [0.2, 0.25) is 0 Å². The molecule has 206 valence electrons. The van der Waals surface area contributed by atoms with Crippen LogP contribution in [0.1, 0.15) is 34.7 Å². The Morgan fingerprint density at radius 3 is 2.40 bits per heavy atom. The quantitative estimate of drug-likeness (QED) is 0.222. The first kappa shape index (κ1) is 27.0. The third-order valence-electron chi connectivity index (χ3n) is 8.61. The molecule has 2 aliphatic heterocycles. The highest BCUT2D eigenvalue weighted by molar-refractivity contribution is 9.09. The number of carbonyl (C=O) groups is 5. The Labute approximate surface area is 246 Å². The van der Waals surface area contributed by atoms with Crippen molar-refractivity contribution in [3.63, 3.8) is 0 Å². The molecule has 2 aromatic rings. The Morgan fingerprint density at radius 2 is 1.73 bits per heavy atom. The number of nitrogens with zero attached hydrogens (tertiary/aromatic N) is 2. The minimum absolute atomic E-state index is 0.0827. The molecule has 2 aromatic carbocycles. The zero-order valence-electron chi connectivity index (χ0n) is 20.6. The molecule has 9 nitrogen and oxygen atoms in total. The van der Waals surface area contributed by atoms with Crippen LogP contribution < -0.4 is 4.90 Å². The molecule has 4 amide bonds. The minimum Gasteiger partial charge on any atom is -0.508 e. The number of amides is 4. The van der Waals surface area contributed by atoms with Crippen LogP contribution in [-0.4, -0.2) is 59.9 Å². The van der Waals surface area contributed by atoms with E-state index < -0.39 is 63.0 Å². The van der Waals surface area contributed by atoms with Gasteiger partial charge in [-0.1, -0.05) is 51.8 Å². The van der Waals surface area contributed by atoms with Crippen molar-refractivity contribution in [1.29, 1.82) is 0 Å². The predicted octanol–water partition coefficient (Wildman–Crippen LogP) is 4.01. The fraction of sp³-hybridized carbons (Fsp3) is 0.321. The number of allylic oxidation sites excluding steroid dienone is 2. The molecule has 0 bridgehead atoms. The van der Waals surface area contributed by atoms with Crippen LogP contribution in [0.15, 0.2) is 60.2 Å². The lowest BCUT2D eigenvalue weighted by atomic mass is 9.56. The topological polar surface area (TPSA) is 132 Å². The van der Waals surface area contributed by atoms with Gasteiger partial charge in [-0.15, -0.1) is 23.2 Å². The molecule has 6 rings (SSSR count). The highest BCUT2D eigenvalue weighted by atomic mass is 79.9. The molecule has 3 fully saturated rings. The highest BCUT2D eigenvalue weighted by Gasteiger charge is 2.76. The number of carboxylic acid groups (broad SMARTS) is 1. The molecule has 6 atom stereocenters. The number of phenols is 1. The van der Waals surface area contributed by atoms with Crippen molar-refractivity contribution in [2.75, 3.05) is 10.4 Å². The Balaban J connectivity index is 1.51. The second-order valence-electron chi connectivity index (χ2n) is 10.4. The van der Waals surface area contributed by atoms with E-state index in [1.807, 2.05) is 0 Å². The van der Waals surface area contributed by atoms with Gasteiger partial charge in [-0.3, -0.25) is 29.0 Å². The smallest absolute Gasteiger partial charge is 0.335 e. The molecule has 2 aliphatic carbocycles. The number of phenolic OH excluding ortho intramolecular Hbond substituents is 1. The molecule has 2 N–H and O–H groups in total. The van der Waals surface area contributed by atoms with Crippen molar-refractivity contribution in [2.45, 2.75) is 28.5 Å². The zero-order chi connectivity index (χ0) is 28.7. The van der Waals surface area contributed by atoms with Gasteiger partial charge in [0.05, 0.1) is 28.5 Å². The first-order valence-corrected chi connectivity index (χ1v) is 14.3. The number of aromatic carboxylic acids is 1. The van der Waals surface area contributed by atoms with Gasteiger partial charge in [0.25, 0.3) is 11.8 Å². The first-order chi connectivity index (χ1) is 19.0. The van der Waals surface area contributed by atoms with E-state index in [-0.39, 0.29) is 40.9 Å². The van der Waals surface area contributed by atoms with Gasteiger partial charge in [0.2, 0.25) is 11.8 Å². The Bertz CT molecular complexity index is 1560. The number of rotatable bonds is 4. The summed E-state index contributed by atoms with van der Waals surface area (Å²) in [7, 11) is 0. The number of likely N-dealkylation sites (tertiary alicyclic amines) is 1.